The second kappa shape index (κ2) is 5.88. The van der Waals surface area contributed by atoms with Crippen molar-refractivity contribution in [3.05, 3.63) is 48.3 Å². The highest BCUT2D eigenvalue weighted by Gasteiger charge is 2.15. The van der Waals surface area contributed by atoms with Crippen molar-refractivity contribution in [1.82, 2.24) is 20.3 Å². The Balaban J connectivity index is 1.90. The van der Waals surface area contributed by atoms with E-state index in [-0.39, 0.29) is 5.91 Å². The zero-order valence-corrected chi connectivity index (χ0v) is 12.4. The van der Waals surface area contributed by atoms with Gasteiger partial charge in [0.25, 0.3) is 5.91 Å². The predicted octanol–water partition coefficient (Wildman–Crippen LogP) is 1.23. The van der Waals surface area contributed by atoms with Crippen LogP contribution in [0.1, 0.15) is 17.3 Å². The molecule has 116 valence electrons. The number of aromatic amines is 1. The van der Waals surface area contributed by atoms with Crippen LogP contribution < -0.4 is 11.1 Å². The maximum Gasteiger partial charge on any atom is 0.251 e. The molecule has 3 aromatic rings. The van der Waals surface area contributed by atoms with E-state index in [9.17, 15) is 9.59 Å². The number of carbonyl (C=O) groups excluding carboxylic acids is 2. The van der Waals surface area contributed by atoms with E-state index in [0.29, 0.717) is 11.4 Å². The third-order valence-electron chi connectivity index (χ3n) is 3.47. The Morgan fingerprint density at radius 2 is 1.96 bits per heavy atom. The number of rotatable bonds is 4. The number of hydrogen-bond acceptors (Lipinski definition) is 4. The molecule has 0 aliphatic rings. The third kappa shape index (κ3) is 3.03. The largest absolute Gasteiger partial charge is 0.368 e. The molecule has 3 rings (SSSR count). The van der Waals surface area contributed by atoms with Gasteiger partial charge in [-0.25, -0.2) is 4.98 Å². The van der Waals surface area contributed by atoms with Crippen LogP contribution in [0, 0.1) is 0 Å². The number of primary amides is 1. The Labute approximate surface area is 131 Å². The van der Waals surface area contributed by atoms with Crippen molar-refractivity contribution in [2.24, 2.45) is 5.73 Å². The monoisotopic (exact) mass is 309 g/mol. The van der Waals surface area contributed by atoms with Gasteiger partial charge in [0.15, 0.2) is 0 Å². The lowest BCUT2D eigenvalue weighted by Gasteiger charge is -2.09. The summed E-state index contributed by atoms with van der Waals surface area (Å²) >= 11 is 0. The van der Waals surface area contributed by atoms with E-state index >= 15 is 0 Å². The van der Waals surface area contributed by atoms with Crippen LogP contribution in [0.2, 0.25) is 0 Å². The maximum absolute atomic E-state index is 12.1. The minimum atomic E-state index is -0.729. The highest BCUT2D eigenvalue weighted by atomic mass is 16.2. The molecule has 2 amide bonds. The van der Waals surface area contributed by atoms with Crippen molar-refractivity contribution in [3.8, 4) is 11.4 Å². The number of amides is 2. The van der Waals surface area contributed by atoms with Crippen molar-refractivity contribution in [1.29, 1.82) is 0 Å². The first-order chi connectivity index (χ1) is 11.0. The molecule has 1 atom stereocenters. The molecule has 0 fully saturated rings. The van der Waals surface area contributed by atoms with E-state index < -0.39 is 11.9 Å². The van der Waals surface area contributed by atoms with Crippen molar-refractivity contribution in [2.75, 3.05) is 0 Å². The molecule has 0 aliphatic carbocycles. The first-order valence-electron chi connectivity index (χ1n) is 7.05. The molecule has 0 radical (unpaired) electrons. The number of imidazole rings is 1. The fraction of sp³-hybridized carbons (Fsp3) is 0.125. The Hall–Kier alpha value is -3.22. The quantitative estimate of drug-likeness (QED) is 0.672. The highest BCUT2D eigenvalue weighted by Crippen LogP contribution is 2.20. The van der Waals surface area contributed by atoms with Gasteiger partial charge >= 0.3 is 0 Å². The summed E-state index contributed by atoms with van der Waals surface area (Å²) in [5.74, 6) is -0.246. The number of pyridine rings is 1. The lowest BCUT2D eigenvalue weighted by atomic mass is 10.1. The van der Waals surface area contributed by atoms with Gasteiger partial charge in [0.05, 0.1) is 11.0 Å². The molecule has 0 bridgehead atoms. The number of nitrogens with two attached hydrogens (primary N) is 1. The predicted molar refractivity (Wildman–Crippen MR) is 85.4 cm³/mol. The van der Waals surface area contributed by atoms with Crippen molar-refractivity contribution >= 4 is 22.8 Å². The second-order valence-corrected chi connectivity index (χ2v) is 5.15. The number of benzene rings is 1. The summed E-state index contributed by atoms with van der Waals surface area (Å²) in [6, 6.07) is 8.06. The molecule has 23 heavy (non-hydrogen) atoms. The van der Waals surface area contributed by atoms with Gasteiger partial charge < -0.3 is 16.0 Å². The molecule has 7 heteroatoms. The molecule has 1 unspecified atom stereocenters. The number of hydrogen-bond donors (Lipinski definition) is 3. The molecular weight excluding hydrogens is 294 g/mol. The van der Waals surface area contributed by atoms with Gasteiger partial charge in [-0.1, -0.05) is 0 Å². The standard InChI is InChI=1S/C16H15N5O2/c1-9(14(17)22)19-16(23)11-2-3-12-13(8-11)21-15(20-12)10-4-6-18-7-5-10/h2-9H,1H3,(H2,17,22)(H,19,23)(H,20,21). The molecule has 1 aromatic carbocycles. The molecule has 2 aromatic heterocycles. The Morgan fingerprint density at radius 3 is 2.65 bits per heavy atom. The van der Waals surface area contributed by atoms with E-state index in [1.807, 2.05) is 12.1 Å². The van der Waals surface area contributed by atoms with Crippen LogP contribution in [0.25, 0.3) is 22.4 Å². The number of H-pyrrole nitrogens is 1. The number of nitrogens with one attached hydrogen (secondary N) is 2. The van der Waals surface area contributed by atoms with Gasteiger partial charge in [-0.05, 0) is 37.3 Å². The SMILES string of the molecule is CC(NC(=O)c1ccc2nc(-c3ccncc3)[nH]c2c1)C(N)=O. The number of carbonyl (C=O) groups is 2. The summed E-state index contributed by atoms with van der Waals surface area (Å²) in [7, 11) is 0. The van der Waals surface area contributed by atoms with E-state index in [4.69, 9.17) is 5.73 Å². The third-order valence-corrected chi connectivity index (χ3v) is 3.47. The molecule has 0 saturated heterocycles. The average Bonchev–Trinajstić information content (AvgIpc) is 2.98. The Bertz CT molecular complexity index is 873. The summed E-state index contributed by atoms with van der Waals surface area (Å²) in [6.45, 7) is 1.54. The van der Waals surface area contributed by atoms with Crippen LogP contribution >= 0.6 is 0 Å². The molecular formula is C16H15N5O2. The van der Waals surface area contributed by atoms with E-state index in [0.717, 1.165) is 16.6 Å². The van der Waals surface area contributed by atoms with Crippen LogP contribution in [-0.4, -0.2) is 32.8 Å². The fourth-order valence-corrected chi connectivity index (χ4v) is 2.15. The van der Waals surface area contributed by atoms with Crippen LogP contribution in [-0.2, 0) is 4.79 Å². The normalized spacial score (nSPS) is 12.0. The highest BCUT2D eigenvalue weighted by molar-refractivity contribution is 5.99. The summed E-state index contributed by atoms with van der Waals surface area (Å²) in [6.07, 6.45) is 3.37. The van der Waals surface area contributed by atoms with Gasteiger partial charge in [0.1, 0.15) is 11.9 Å². The molecule has 0 spiro atoms. The molecule has 4 N–H and O–H groups in total. The zero-order chi connectivity index (χ0) is 16.4. The first-order valence-corrected chi connectivity index (χ1v) is 7.05. The van der Waals surface area contributed by atoms with E-state index in [2.05, 4.69) is 20.3 Å². The summed E-state index contributed by atoms with van der Waals surface area (Å²) in [5.41, 5.74) is 7.96. The van der Waals surface area contributed by atoms with Gasteiger partial charge in [-0.15, -0.1) is 0 Å². The maximum atomic E-state index is 12.1. The van der Waals surface area contributed by atoms with Crippen LogP contribution in [0.5, 0.6) is 0 Å². The summed E-state index contributed by atoms with van der Waals surface area (Å²) < 4.78 is 0. The van der Waals surface area contributed by atoms with E-state index in [1.165, 1.54) is 6.92 Å². The molecule has 2 heterocycles. The second-order valence-electron chi connectivity index (χ2n) is 5.15. The molecule has 0 aliphatic heterocycles. The first kappa shape index (κ1) is 14.7. The number of nitrogens with zero attached hydrogens (tertiary/aromatic N) is 2. The van der Waals surface area contributed by atoms with Crippen molar-refractivity contribution < 1.29 is 9.59 Å². The lowest BCUT2D eigenvalue weighted by molar-refractivity contribution is -0.119. The summed E-state index contributed by atoms with van der Waals surface area (Å²) in [5, 5.41) is 2.54. The molecule has 0 saturated carbocycles. The van der Waals surface area contributed by atoms with Crippen molar-refractivity contribution in [3.63, 3.8) is 0 Å². The minimum absolute atomic E-state index is 0.363. The zero-order valence-electron chi connectivity index (χ0n) is 12.4. The van der Waals surface area contributed by atoms with Gasteiger partial charge in [0.2, 0.25) is 5.91 Å². The lowest BCUT2D eigenvalue weighted by Crippen LogP contribution is -2.42. The van der Waals surface area contributed by atoms with Gasteiger partial charge in [0, 0.05) is 23.5 Å². The van der Waals surface area contributed by atoms with Crippen LogP contribution in [0.3, 0.4) is 0 Å². The number of fused-ring (bicyclic) bond motifs is 1. The smallest absolute Gasteiger partial charge is 0.251 e. The number of aromatic nitrogens is 3. The minimum Gasteiger partial charge on any atom is -0.368 e. The van der Waals surface area contributed by atoms with Crippen LogP contribution in [0.4, 0.5) is 0 Å². The van der Waals surface area contributed by atoms with Crippen molar-refractivity contribution in [2.45, 2.75) is 13.0 Å². The van der Waals surface area contributed by atoms with E-state index in [1.54, 1.807) is 30.6 Å². The van der Waals surface area contributed by atoms with Gasteiger partial charge in [-0.2, -0.15) is 0 Å². The fourth-order valence-electron chi connectivity index (χ4n) is 2.15. The topological polar surface area (TPSA) is 114 Å². The van der Waals surface area contributed by atoms with Crippen LogP contribution in [0.15, 0.2) is 42.7 Å². The Morgan fingerprint density at radius 1 is 1.22 bits per heavy atom. The Kier molecular flexibility index (Phi) is 3.76. The molecule has 7 nitrogen and oxygen atoms in total. The average molecular weight is 309 g/mol. The van der Waals surface area contributed by atoms with Gasteiger partial charge in [-0.3, -0.25) is 14.6 Å². The summed E-state index contributed by atoms with van der Waals surface area (Å²) in [4.78, 5) is 34.8.